The van der Waals surface area contributed by atoms with Gasteiger partial charge in [-0.3, -0.25) is 0 Å². The Kier molecular flexibility index (Phi) is 4.69. The Morgan fingerprint density at radius 2 is 1.10 bits per heavy atom. The maximum absolute atomic E-state index is 2.44. The molecule has 1 nitrogen and oxygen atoms in total. The third-order valence-electron chi connectivity index (χ3n) is 8.52. The third-order valence-corrected chi connectivity index (χ3v) is 10.9. The van der Waals surface area contributed by atoms with Crippen LogP contribution in [0.15, 0.2) is 149 Å². The maximum atomic E-state index is 2.44. The van der Waals surface area contributed by atoms with Crippen molar-refractivity contribution in [1.82, 2.24) is 0 Å². The van der Waals surface area contributed by atoms with Crippen LogP contribution in [0.25, 0.3) is 20.2 Å². The Hall–Kier alpha value is -4.31. The first kappa shape index (κ1) is 22.5. The average Bonchev–Trinajstić information content (AvgIpc) is 3.41. The fraction of sp³-hybridized carbons (Fsp3) is 0.0270. The van der Waals surface area contributed by atoms with Crippen LogP contribution in [-0.2, 0) is 5.41 Å². The van der Waals surface area contributed by atoms with Gasteiger partial charge in [0.05, 0.1) is 16.8 Å². The minimum absolute atomic E-state index is 0.438. The molecule has 1 spiro atoms. The Morgan fingerprint density at radius 1 is 0.475 bits per heavy atom. The monoisotopic (exact) mass is 545 g/mol. The van der Waals surface area contributed by atoms with E-state index in [-0.39, 0.29) is 0 Å². The molecule has 6 aromatic carbocycles. The van der Waals surface area contributed by atoms with Gasteiger partial charge < -0.3 is 4.90 Å². The van der Waals surface area contributed by atoms with Crippen molar-refractivity contribution in [3.63, 3.8) is 0 Å². The molecular formula is C37H23NS2. The van der Waals surface area contributed by atoms with E-state index >= 15 is 0 Å². The minimum Gasteiger partial charge on any atom is -0.310 e. The lowest BCUT2D eigenvalue weighted by molar-refractivity contribution is 0.695. The van der Waals surface area contributed by atoms with Crippen molar-refractivity contribution in [3.8, 4) is 0 Å². The van der Waals surface area contributed by atoms with Crippen LogP contribution in [0.2, 0.25) is 0 Å². The molecule has 188 valence electrons. The molecule has 0 amide bonds. The normalized spacial score (nSPS) is 14.6. The number of fused-ring (bicyclic) bond motifs is 12. The molecule has 0 unspecified atom stereocenters. The van der Waals surface area contributed by atoms with Crippen molar-refractivity contribution in [1.29, 1.82) is 0 Å². The van der Waals surface area contributed by atoms with Crippen molar-refractivity contribution in [2.75, 3.05) is 4.90 Å². The van der Waals surface area contributed by atoms with Crippen LogP contribution >= 0.6 is 23.1 Å². The molecule has 3 heteroatoms. The second-order valence-electron chi connectivity index (χ2n) is 10.5. The molecule has 0 fully saturated rings. The second-order valence-corrected chi connectivity index (χ2v) is 12.6. The topological polar surface area (TPSA) is 3.24 Å². The van der Waals surface area contributed by atoms with Crippen molar-refractivity contribution >= 4 is 60.3 Å². The summed E-state index contributed by atoms with van der Waals surface area (Å²) in [6, 6.07) is 51.6. The van der Waals surface area contributed by atoms with Gasteiger partial charge in [-0.25, -0.2) is 0 Å². The van der Waals surface area contributed by atoms with Gasteiger partial charge in [-0.1, -0.05) is 109 Å². The van der Waals surface area contributed by atoms with Gasteiger partial charge in [-0.05, 0) is 64.7 Å². The second kappa shape index (κ2) is 8.34. The Balaban J connectivity index is 1.48. The summed E-state index contributed by atoms with van der Waals surface area (Å²) in [5, 5.41) is 2.74. The summed E-state index contributed by atoms with van der Waals surface area (Å²) in [4.78, 5) is 5.15. The number of hydrogen-bond donors (Lipinski definition) is 0. The third kappa shape index (κ3) is 2.84. The van der Waals surface area contributed by atoms with Crippen LogP contribution in [-0.4, -0.2) is 0 Å². The molecule has 0 atom stereocenters. The van der Waals surface area contributed by atoms with E-state index in [1.165, 1.54) is 69.3 Å². The Bertz CT molecular complexity index is 2060. The van der Waals surface area contributed by atoms with Crippen LogP contribution < -0.4 is 4.90 Å². The first-order chi connectivity index (χ1) is 19.9. The van der Waals surface area contributed by atoms with Crippen LogP contribution in [0.5, 0.6) is 0 Å². The van der Waals surface area contributed by atoms with E-state index in [0.29, 0.717) is 0 Å². The fourth-order valence-electron chi connectivity index (χ4n) is 6.99. The first-order valence-electron chi connectivity index (χ1n) is 13.6. The summed E-state index contributed by atoms with van der Waals surface area (Å²) >= 11 is 3.84. The highest BCUT2D eigenvalue weighted by atomic mass is 32.2. The molecule has 0 N–H and O–H groups in total. The molecule has 3 heterocycles. The molecule has 2 aliphatic rings. The van der Waals surface area contributed by atoms with Crippen molar-refractivity contribution in [2.24, 2.45) is 0 Å². The van der Waals surface area contributed by atoms with E-state index < -0.39 is 5.41 Å². The highest BCUT2D eigenvalue weighted by Gasteiger charge is 2.50. The van der Waals surface area contributed by atoms with Crippen molar-refractivity contribution in [3.05, 3.63) is 162 Å². The van der Waals surface area contributed by atoms with Gasteiger partial charge in [0.25, 0.3) is 0 Å². The highest BCUT2D eigenvalue weighted by molar-refractivity contribution is 7.99. The average molecular weight is 546 g/mol. The van der Waals surface area contributed by atoms with Gasteiger partial charge in [-0.2, -0.15) is 0 Å². The summed E-state index contributed by atoms with van der Waals surface area (Å²) in [6.07, 6.45) is 0. The zero-order valence-electron chi connectivity index (χ0n) is 21.5. The zero-order chi connectivity index (χ0) is 26.3. The summed E-state index contributed by atoms with van der Waals surface area (Å²) in [6.45, 7) is 0. The molecule has 40 heavy (non-hydrogen) atoms. The Labute approximate surface area is 241 Å². The van der Waals surface area contributed by atoms with E-state index in [0.717, 1.165) is 0 Å². The largest absolute Gasteiger partial charge is 0.310 e. The summed E-state index contributed by atoms with van der Waals surface area (Å²) in [7, 11) is 0. The SMILES string of the molecule is c1ccc(N2c3ccccc3C3(c4ccccc4Sc4c3ccc3sc5ccccc5c43)c3ccccc32)cc1. The molecule has 0 bridgehead atoms. The first-order valence-corrected chi connectivity index (χ1v) is 15.3. The van der Waals surface area contributed by atoms with Gasteiger partial charge in [0.15, 0.2) is 0 Å². The van der Waals surface area contributed by atoms with Gasteiger partial charge in [0.2, 0.25) is 0 Å². The van der Waals surface area contributed by atoms with Crippen molar-refractivity contribution < 1.29 is 0 Å². The standard InChI is InChI=1S/C37H23NS2/c1-2-12-24(13-3-1)38-30-18-8-5-15-26(30)37(27-16-6-9-19-31(27)38)28-17-7-11-21-33(28)40-36-29(37)22-23-34-35(36)25-14-4-10-20-32(25)39-34/h1-23H. The van der Waals surface area contributed by atoms with Crippen LogP contribution in [0.3, 0.4) is 0 Å². The molecule has 0 aliphatic carbocycles. The quantitative estimate of drug-likeness (QED) is 0.202. The number of thiophene rings is 1. The fourth-order valence-corrected chi connectivity index (χ4v) is 9.52. The number of nitrogens with zero attached hydrogens (tertiary/aromatic N) is 1. The molecule has 0 saturated heterocycles. The van der Waals surface area contributed by atoms with E-state index in [4.69, 9.17) is 0 Å². The minimum atomic E-state index is -0.438. The highest BCUT2D eigenvalue weighted by Crippen LogP contribution is 2.64. The summed E-state index contributed by atoms with van der Waals surface area (Å²) in [5.41, 5.74) is 8.59. The van der Waals surface area contributed by atoms with Crippen LogP contribution in [0.4, 0.5) is 17.1 Å². The predicted octanol–water partition coefficient (Wildman–Crippen LogP) is 10.7. The molecular weight excluding hydrogens is 523 g/mol. The summed E-state index contributed by atoms with van der Waals surface area (Å²) in [5.74, 6) is 0. The van der Waals surface area contributed by atoms with Crippen molar-refractivity contribution in [2.45, 2.75) is 15.2 Å². The van der Waals surface area contributed by atoms with Crippen LogP contribution in [0.1, 0.15) is 22.3 Å². The summed E-state index contributed by atoms with van der Waals surface area (Å²) < 4.78 is 2.70. The van der Waals surface area contributed by atoms with E-state index in [1.54, 1.807) is 0 Å². The number of hydrogen-bond acceptors (Lipinski definition) is 3. The lowest BCUT2D eigenvalue weighted by atomic mass is 9.62. The number of para-hydroxylation sites is 3. The lowest BCUT2D eigenvalue weighted by Crippen LogP contribution is -2.39. The van der Waals surface area contributed by atoms with E-state index in [2.05, 4.69) is 144 Å². The molecule has 7 aromatic rings. The lowest BCUT2D eigenvalue weighted by Gasteiger charge is -2.49. The van der Waals surface area contributed by atoms with E-state index in [1.807, 2.05) is 23.1 Å². The predicted molar refractivity (Wildman–Crippen MR) is 170 cm³/mol. The molecule has 2 aliphatic heterocycles. The number of benzene rings is 6. The van der Waals surface area contributed by atoms with Gasteiger partial charge in [0, 0.05) is 35.7 Å². The van der Waals surface area contributed by atoms with Gasteiger partial charge >= 0.3 is 0 Å². The molecule has 1 aromatic heterocycles. The van der Waals surface area contributed by atoms with Crippen LogP contribution in [0, 0.1) is 0 Å². The smallest absolute Gasteiger partial charge is 0.0764 e. The zero-order valence-corrected chi connectivity index (χ0v) is 23.2. The molecule has 0 saturated carbocycles. The number of rotatable bonds is 1. The molecule has 0 radical (unpaired) electrons. The van der Waals surface area contributed by atoms with Gasteiger partial charge in [-0.15, -0.1) is 11.3 Å². The van der Waals surface area contributed by atoms with E-state index in [9.17, 15) is 0 Å². The molecule has 9 rings (SSSR count). The maximum Gasteiger partial charge on any atom is 0.0764 e. The van der Waals surface area contributed by atoms with Gasteiger partial charge in [0.1, 0.15) is 0 Å². The Morgan fingerprint density at radius 3 is 1.88 bits per heavy atom. The number of anilines is 3.